The van der Waals surface area contributed by atoms with Gasteiger partial charge in [0.2, 0.25) is 0 Å². The van der Waals surface area contributed by atoms with Crippen molar-refractivity contribution in [3.8, 4) is 0 Å². The van der Waals surface area contributed by atoms with Gasteiger partial charge in [-0.15, -0.1) is 0 Å². The summed E-state index contributed by atoms with van der Waals surface area (Å²) >= 11 is 0. The first-order chi connectivity index (χ1) is 10.6. The van der Waals surface area contributed by atoms with Crippen molar-refractivity contribution >= 4 is 10.9 Å². The summed E-state index contributed by atoms with van der Waals surface area (Å²) in [5.41, 5.74) is 4.43. The van der Waals surface area contributed by atoms with Crippen LogP contribution in [0.4, 0.5) is 0 Å². The number of H-pyrrole nitrogens is 1. The van der Waals surface area contributed by atoms with Crippen molar-refractivity contribution in [2.45, 2.75) is 59.0 Å². The molecule has 2 aromatic rings. The van der Waals surface area contributed by atoms with E-state index in [4.69, 9.17) is 0 Å². The van der Waals surface area contributed by atoms with E-state index in [0.29, 0.717) is 6.04 Å². The monoisotopic (exact) mass is 299 g/mol. The van der Waals surface area contributed by atoms with Crippen LogP contribution in [-0.4, -0.2) is 17.6 Å². The summed E-state index contributed by atoms with van der Waals surface area (Å²) in [4.78, 5) is 18.0. The quantitative estimate of drug-likeness (QED) is 0.897. The molecule has 1 saturated heterocycles. The molecule has 2 N–H and O–H groups in total. The van der Waals surface area contributed by atoms with Crippen molar-refractivity contribution in [3.05, 3.63) is 45.2 Å². The van der Waals surface area contributed by atoms with Crippen molar-refractivity contribution in [2.75, 3.05) is 6.54 Å². The van der Waals surface area contributed by atoms with Gasteiger partial charge in [-0.05, 0) is 57.2 Å². The maximum Gasteiger partial charge on any atom is 0.198 e. The molecular formula is C19H27N2O+. The van der Waals surface area contributed by atoms with Crippen LogP contribution in [0, 0.1) is 6.92 Å². The summed E-state index contributed by atoms with van der Waals surface area (Å²) in [7, 11) is 0. The number of aryl methyl sites for hydroxylation is 2. The zero-order chi connectivity index (χ0) is 15.7. The molecule has 1 aromatic carbocycles. The normalized spacial score (nSPS) is 22.1. The standard InChI is InChI=1S/C19H26N2O/c1-4-15-8-9-18-16(11-15)19(22)17(14(3)20-18)12-21-10-6-5-7-13(21)2/h8-9,11,13H,4-7,10,12H2,1-3H3,(H,20,22)/p+1/t13-/m1/s1. The fraction of sp³-hybridized carbons (Fsp3) is 0.526. The zero-order valence-electron chi connectivity index (χ0n) is 14.0. The summed E-state index contributed by atoms with van der Waals surface area (Å²) < 4.78 is 0. The Labute approximate surface area is 132 Å². The second-order valence-corrected chi connectivity index (χ2v) is 6.77. The molecule has 3 nitrogen and oxygen atoms in total. The van der Waals surface area contributed by atoms with Gasteiger partial charge >= 0.3 is 0 Å². The number of benzene rings is 1. The highest BCUT2D eigenvalue weighted by Crippen LogP contribution is 2.14. The van der Waals surface area contributed by atoms with Gasteiger partial charge in [0.15, 0.2) is 5.43 Å². The third-order valence-electron chi connectivity index (χ3n) is 5.27. The molecule has 2 heterocycles. The molecule has 0 aliphatic carbocycles. The van der Waals surface area contributed by atoms with E-state index in [1.54, 1.807) is 4.90 Å². The van der Waals surface area contributed by atoms with Crippen LogP contribution >= 0.6 is 0 Å². The fourth-order valence-electron chi connectivity index (χ4n) is 3.67. The van der Waals surface area contributed by atoms with Gasteiger partial charge in [-0.3, -0.25) is 4.79 Å². The first-order valence-electron chi connectivity index (χ1n) is 8.59. The van der Waals surface area contributed by atoms with Crippen LogP contribution in [0.25, 0.3) is 10.9 Å². The lowest BCUT2D eigenvalue weighted by Gasteiger charge is -2.30. The summed E-state index contributed by atoms with van der Waals surface area (Å²) in [6.07, 6.45) is 4.86. The molecule has 1 aromatic heterocycles. The highest BCUT2D eigenvalue weighted by atomic mass is 16.1. The predicted molar refractivity (Wildman–Crippen MR) is 91.5 cm³/mol. The van der Waals surface area contributed by atoms with E-state index in [-0.39, 0.29) is 5.43 Å². The lowest BCUT2D eigenvalue weighted by atomic mass is 10.0. The first-order valence-corrected chi connectivity index (χ1v) is 8.59. The second-order valence-electron chi connectivity index (χ2n) is 6.77. The van der Waals surface area contributed by atoms with Gasteiger partial charge in [0, 0.05) is 16.6 Å². The number of aromatic nitrogens is 1. The maximum absolute atomic E-state index is 13.0. The third-order valence-corrected chi connectivity index (χ3v) is 5.27. The van der Waals surface area contributed by atoms with Gasteiger partial charge < -0.3 is 9.88 Å². The average Bonchev–Trinajstić information content (AvgIpc) is 2.53. The minimum absolute atomic E-state index is 0.229. The van der Waals surface area contributed by atoms with Gasteiger partial charge in [0.25, 0.3) is 0 Å². The Bertz CT molecular complexity index is 732. The zero-order valence-corrected chi connectivity index (χ0v) is 14.0. The third kappa shape index (κ3) is 2.82. The Kier molecular flexibility index (Phi) is 4.34. The molecule has 0 radical (unpaired) electrons. The van der Waals surface area contributed by atoms with Gasteiger partial charge in [-0.1, -0.05) is 13.0 Å². The molecule has 3 rings (SSSR count). The summed E-state index contributed by atoms with van der Waals surface area (Å²) in [5, 5.41) is 0.851. The van der Waals surface area contributed by atoms with Gasteiger partial charge in [0.05, 0.1) is 18.2 Å². The van der Waals surface area contributed by atoms with Crippen molar-refractivity contribution < 1.29 is 4.90 Å². The van der Waals surface area contributed by atoms with Crippen LogP contribution in [0.15, 0.2) is 23.0 Å². The number of likely N-dealkylation sites (tertiary alicyclic amines) is 1. The molecule has 0 spiro atoms. The van der Waals surface area contributed by atoms with E-state index in [9.17, 15) is 4.79 Å². The Balaban J connectivity index is 2.03. The van der Waals surface area contributed by atoms with Crippen LogP contribution in [0.2, 0.25) is 0 Å². The van der Waals surface area contributed by atoms with Crippen LogP contribution in [0.1, 0.15) is 49.9 Å². The molecule has 2 atom stereocenters. The van der Waals surface area contributed by atoms with Crippen LogP contribution in [0.3, 0.4) is 0 Å². The summed E-state index contributed by atoms with van der Waals surface area (Å²) in [6, 6.07) is 6.87. The van der Waals surface area contributed by atoms with Crippen LogP contribution in [-0.2, 0) is 13.0 Å². The Morgan fingerprint density at radius 2 is 2.14 bits per heavy atom. The highest BCUT2D eigenvalue weighted by Gasteiger charge is 2.24. The Morgan fingerprint density at radius 3 is 2.86 bits per heavy atom. The van der Waals surface area contributed by atoms with E-state index in [1.165, 1.54) is 31.4 Å². The molecule has 1 aliphatic heterocycles. The van der Waals surface area contributed by atoms with Crippen molar-refractivity contribution in [3.63, 3.8) is 0 Å². The Morgan fingerprint density at radius 1 is 1.32 bits per heavy atom. The van der Waals surface area contributed by atoms with E-state index in [2.05, 4.69) is 31.0 Å². The molecule has 3 heteroatoms. The molecule has 0 amide bonds. The fourth-order valence-corrected chi connectivity index (χ4v) is 3.67. The molecule has 118 valence electrons. The molecule has 0 saturated carbocycles. The molecule has 1 unspecified atom stereocenters. The number of rotatable bonds is 3. The second kappa shape index (κ2) is 6.25. The number of fused-ring (bicyclic) bond motifs is 1. The lowest BCUT2D eigenvalue weighted by molar-refractivity contribution is -0.942. The number of pyridine rings is 1. The van der Waals surface area contributed by atoms with E-state index in [1.807, 2.05) is 13.0 Å². The number of piperidine rings is 1. The number of hydrogen-bond acceptors (Lipinski definition) is 1. The van der Waals surface area contributed by atoms with Crippen LogP contribution in [0.5, 0.6) is 0 Å². The number of hydrogen-bond donors (Lipinski definition) is 2. The summed E-state index contributed by atoms with van der Waals surface area (Å²) in [5.74, 6) is 0. The largest absolute Gasteiger partial charge is 0.358 e. The highest BCUT2D eigenvalue weighted by molar-refractivity contribution is 5.80. The topological polar surface area (TPSA) is 37.3 Å². The lowest BCUT2D eigenvalue weighted by Crippen LogP contribution is -3.15. The van der Waals surface area contributed by atoms with E-state index in [0.717, 1.165) is 35.1 Å². The molecule has 1 aliphatic rings. The summed E-state index contributed by atoms with van der Waals surface area (Å²) in [6.45, 7) is 8.53. The predicted octanol–water partition coefficient (Wildman–Crippen LogP) is 2.36. The van der Waals surface area contributed by atoms with Crippen molar-refractivity contribution in [1.29, 1.82) is 0 Å². The first kappa shape index (κ1) is 15.3. The number of quaternary nitrogens is 1. The molecule has 22 heavy (non-hydrogen) atoms. The number of nitrogens with one attached hydrogen (secondary N) is 2. The SMILES string of the molecule is CCc1ccc2[nH]c(C)c(C[NH+]3CCCC[C@H]3C)c(=O)c2c1. The smallest absolute Gasteiger partial charge is 0.198 e. The minimum Gasteiger partial charge on any atom is -0.358 e. The van der Waals surface area contributed by atoms with Crippen molar-refractivity contribution in [1.82, 2.24) is 4.98 Å². The van der Waals surface area contributed by atoms with Gasteiger partial charge in [-0.2, -0.15) is 0 Å². The maximum atomic E-state index is 13.0. The van der Waals surface area contributed by atoms with Crippen molar-refractivity contribution in [2.24, 2.45) is 0 Å². The number of aromatic amines is 1. The van der Waals surface area contributed by atoms with Gasteiger partial charge in [-0.25, -0.2) is 0 Å². The molecular weight excluding hydrogens is 272 g/mol. The Hall–Kier alpha value is -1.61. The average molecular weight is 299 g/mol. The van der Waals surface area contributed by atoms with Gasteiger partial charge in [0.1, 0.15) is 6.54 Å². The molecule has 0 bridgehead atoms. The molecule has 1 fully saturated rings. The van der Waals surface area contributed by atoms with E-state index < -0.39 is 0 Å². The van der Waals surface area contributed by atoms with E-state index >= 15 is 0 Å². The minimum atomic E-state index is 0.229. The van der Waals surface area contributed by atoms with Crippen LogP contribution < -0.4 is 10.3 Å².